The van der Waals surface area contributed by atoms with Crippen molar-refractivity contribution in [1.82, 2.24) is 14.3 Å². The summed E-state index contributed by atoms with van der Waals surface area (Å²) in [6.45, 7) is -0.0116. The van der Waals surface area contributed by atoms with Gasteiger partial charge in [-0.1, -0.05) is 17.7 Å². The minimum atomic E-state index is -2.71. The highest BCUT2D eigenvalue weighted by Gasteiger charge is 2.56. The lowest BCUT2D eigenvalue weighted by atomic mass is 9.99. The quantitative estimate of drug-likeness (QED) is 0.660. The fraction of sp³-hybridized carbons (Fsp3) is 0.300. The van der Waals surface area contributed by atoms with Gasteiger partial charge in [0.05, 0.1) is 16.4 Å². The predicted octanol–water partition coefficient (Wildman–Crippen LogP) is 2.19. The van der Waals surface area contributed by atoms with Crippen molar-refractivity contribution in [2.75, 3.05) is 0 Å². The number of rotatable bonds is 3. The van der Waals surface area contributed by atoms with Gasteiger partial charge in [-0.15, -0.1) is 0 Å². The zero-order valence-corrected chi connectivity index (χ0v) is 16.0. The molecule has 0 radical (unpaired) electrons. The zero-order valence-electron chi connectivity index (χ0n) is 15.2. The van der Waals surface area contributed by atoms with Gasteiger partial charge >= 0.3 is 0 Å². The van der Waals surface area contributed by atoms with E-state index in [1.165, 1.54) is 10.8 Å². The lowest BCUT2D eigenvalue weighted by molar-refractivity contribution is -0.115. The minimum Gasteiger partial charge on any atom is -0.343 e. The Morgan fingerprint density at radius 3 is 2.83 bits per heavy atom. The van der Waals surface area contributed by atoms with Crippen LogP contribution in [0.2, 0.25) is 0 Å². The van der Waals surface area contributed by atoms with Crippen LogP contribution in [0.25, 0.3) is 15.9 Å². The molecule has 9 heteroatoms. The summed E-state index contributed by atoms with van der Waals surface area (Å²) in [5, 5.41) is 15.1. The first-order chi connectivity index (χ1) is 13.8. The van der Waals surface area contributed by atoms with Gasteiger partial charge in [0.2, 0.25) is 5.78 Å². The fourth-order valence-corrected chi connectivity index (χ4v) is 4.13. The second-order valence-corrected chi connectivity index (χ2v) is 7.88. The van der Waals surface area contributed by atoms with E-state index in [2.05, 4.69) is 10.1 Å². The molecule has 1 aliphatic heterocycles. The molecule has 5 rings (SSSR count). The van der Waals surface area contributed by atoms with E-state index < -0.39 is 23.7 Å². The fourth-order valence-electron chi connectivity index (χ4n) is 3.82. The lowest BCUT2D eigenvalue weighted by Gasteiger charge is -2.15. The molecule has 1 aromatic carbocycles. The molecule has 0 amide bonds. The molecule has 2 atom stereocenters. The van der Waals surface area contributed by atoms with Gasteiger partial charge < -0.3 is 4.57 Å². The Morgan fingerprint density at radius 1 is 1.38 bits per heavy atom. The van der Waals surface area contributed by atoms with Gasteiger partial charge in [0.1, 0.15) is 22.5 Å². The van der Waals surface area contributed by atoms with Crippen LogP contribution < -0.4 is 10.7 Å². The first-order valence-electron chi connectivity index (χ1n) is 9.00. The van der Waals surface area contributed by atoms with Crippen LogP contribution >= 0.6 is 11.6 Å². The second kappa shape index (κ2) is 5.97. The summed E-state index contributed by atoms with van der Waals surface area (Å²) in [7, 11) is 1.80. The number of halogens is 3. The maximum Gasteiger partial charge on any atom is 0.253 e. The Hall–Kier alpha value is -3.05. The van der Waals surface area contributed by atoms with E-state index in [0.29, 0.717) is 5.56 Å². The topological polar surface area (TPSA) is 76.0 Å². The molecule has 1 saturated carbocycles. The van der Waals surface area contributed by atoms with Gasteiger partial charge in [0, 0.05) is 43.7 Å². The van der Waals surface area contributed by atoms with E-state index >= 15 is 0 Å². The molecule has 0 bridgehead atoms. The monoisotopic (exact) mass is 413 g/mol. The van der Waals surface area contributed by atoms with Crippen LogP contribution in [0.3, 0.4) is 0 Å². The summed E-state index contributed by atoms with van der Waals surface area (Å²) < 4.78 is 29.9. The molecule has 2 aromatic heterocycles. The molecule has 3 heterocycles. The van der Waals surface area contributed by atoms with Crippen molar-refractivity contribution >= 4 is 33.3 Å². The zero-order chi connectivity index (χ0) is 20.5. The Labute approximate surface area is 168 Å². The number of fused-ring (bicyclic) bond motifs is 2. The van der Waals surface area contributed by atoms with E-state index in [4.69, 9.17) is 11.6 Å². The molecular formula is C20H14ClF2N5O. The van der Waals surface area contributed by atoms with Crippen LogP contribution in [0.15, 0.2) is 35.6 Å². The minimum absolute atomic E-state index is 0.0116. The largest absolute Gasteiger partial charge is 0.343 e. The highest BCUT2D eigenvalue weighted by Crippen LogP contribution is 2.49. The van der Waals surface area contributed by atoms with E-state index in [1.807, 2.05) is 18.3 Å². The molecule has 1 aliphatic carbocycles. The van der Waals surface area contributed by atoms with Crippen molar-refractivity contribution in [2.24, 2.45) is 18.0 Å². The Kier molecular flexibility index (Phi) is 3.71. The number of ketones is 1. The van der Waals surface area contributed by atoms with E-state index in [0.717, 1.165) is 10.9 Å². The second-order valence-electron chi connectivity index (χ2n) is 7.50. The van der Waals surface area contributed by atoms with Gasteiger partial charge in [0.25, 0.3) is 5.92 Å². The molecule has 0 saturated heterocycles. The molecule has 3 aromatic rings. The number of nitriles is 1. The molecule has 146 valence electrons. The van der Waals surface area contributed by atoms with Crippen molar-refractivity contribution < 1.29 is 13.6 Å². The van der Waals surface area contributed by atoms with Crippen LogP contribution in [0.4, 0.5) is 8.78 Å². The van der Waals surface area contributed by atoms with E-state index in [-0.39, 0.29) is 34.3 Å². The number of carbonyl (C=O) groups excluding carboxylic acids is 1. The molecule has 0 spiro atoms. The summed E-state index contributed by atoms with van der Waals surface area (Å²) in [5.74, 6) is -3.96. The van der Waals surface area contributed by atoms with Crippen LogP contribution in [-0.4, -0.2) is 26.1 Å². The molecule has 6 nitrogen and oxygen atoms in total. The predicted molar refractivity (Wildman–Crippen MR) is 101 cm³/mol. The third-order valence-electron chi connectivity index (χ3n) is 5.43. The molecule has 29 heavy (non-hydrogen) atoms. The normalized spacial score (nSPS) is 22.3. The van der Waals surface area contributed by atoms with Crippen molar-refractivity contribution in [1.29, 1.82) is 5.26 Å². The number of Topliss-reactive ketones (excluding diaryl/α,β-unsaturated/α-hetero) is 1. The van der Waals surface area contributed by atoms with Crippen molar-refractivity contribution in [3.05, 3.63) is 52.4 Å². The number of alkyl halides is 2. The van der Waals surface area contributed by atoms with Gasteiger partial charge in [-0.05, 0) is 17.7 Å². The van der Waals surface area contributed by atoms with Crippen molar-refractivity contribution in [3.8, 4) is 6.07 Å². The number of hydrogen-bond acceptors (Lipinski definition) is 4. The summed E-state index contributed by atoms with van der Waals surface area (Å²) in [6, 6.07) is 6.50. The number of aromatic nitrogens is 3. The van der Waals surface area contributed by atoms with Crippen LogP contribution in [0, 0.1) is 17.2 Å². The molecular weight excluding hydrogens is 400 g/mol. The van der Waals surface area contributed by atoms with Crippen molar-refractivity contribution in [3.63, 3.8) is 0 Å². The first-order valence-corrected chi connectivity index (χ1v) is 9.38. The van der Waals surface area contributed by atoms with Crippen molar-refractivity contribution in [2.45, 2.75) is 24.9 Å². The maximum absolute atomic E-state index is 13.4. The summed E-state index contributed by atoms with van der Waals surface area (Å²) in [5.41, 5.74) is 1.62. The Morgan fingerprint density at radius 2 is 2.14 bits per heavy atom. The summed E-state index contributed by atoms with van der Waals surface area (Å²) in [4.78, 5) is 17.5. The Bertz CT molecular complexity index is 1360. The van der Waals surface area contributed by atoms with Gasteiger partial charge in [-0.2, -0.15) is 10.4 Å². The van der Waals surface area contributed by atoms with Crippen LogP contribution in [0.1, 0.15) is 23.6 Å². The number of benzene rings is 1. The number of carbonyl (C=O) groups is 1. The molecule has 1 fully saturated rings. The average Bonchev–Trinajstić information content (AvgIpc) is 3.00. The highest BCUT2D eigenvalue weighted by molar-refractivity contribution is 6.61. The number of nitrogens with zero attached hydrogens (tertiary/aromatic N) is 5. The summed E-state index contributed by atoms with van der Waals surface area (Å²) >= 11 is 6.39. The van der Waals surface area contributed by atoms with Gasteiger partial charge in [-0.3, -0.25) is 14.5 Å². The first kappa shape index (κ1) is 18.0. The molecule has 0 N–H and O–H groups in total. The van der Waals surface area contributed by atoms with E-state index in [1.54, 1.807) is 23.9 Å². The number of aryl methyl sites for hydroxylation is 1. The standard InChI is InChI=1S/C20H14ClF2N5O/c1-27-7-11-4-10(2-3-14(11)26-27)17-19(29)15(21)18-16(25-17)12(6-24)8-28(18)9-13-5-20(13,22)23/h2-4,7-8,13,17H,5,9H2,1H3/t13-,17?/m0/s1. The van der Waals surface area contributed by atoms with Crippen LogP contribution in [-0.2, 0) is 18.4 Å². The van der Waals surface area contributed by atoms with E-state index in [9.17, 15) is 18.8 Å². The Balaban J connectivity index is 1.65. The maximum atomic E-state index is 13.4. The lowest BCUT2D eigenvalue weighted by Crippen LogP contribution is -2.39. The number of hydrogen-bond donors (Lipinski definition) is 0. The summed E-state index contributed by atoms with van der Waals surface area (Å²) in [6.07, 6.45) is 3.07. The van der Waals surface area contributed by atoms with Gasteiger partial charge in [0.15, 0.2) is 0 Å². The average molecular weight is 414 g/mol. The van der Waals surface area contributed by atoms with Crippen LogP contribution in [0.5, 0.6) is 0 Å². The molecule has 1 unspecified atom stereocenters. The smallest absolute Gasteiger partial charge is 0.253 e. The highest BCUT2D eigenvalue weighted by atomic mass is 35.5. The third kappa shape index (κ3) is 2.76. The van der Waals surface area contributed by atoms with Gasteiger partial charge in [-0.25, -0.2) is 8.78 Å². The SMILES string of the molecule is Cn1cc2cc(C3N=c4c(C#N)cn(C[C@@H]5CC5(F)F)c4=C(Cl)C3=O)ccc2n1. The third-order valence-corrected chi connectivity index (χ3v) is 5.80. The molecule has 2 aliphatic rings.